The van der Waals surface area contributed by atoms with Crippen LogP contribution in [0, 0.1) is 6.92 Å². The number of hydrogen-bond donors (Lipinski definition) is 1. The van der Waals surface area contributed by atoms with Gasteiger partial charge in [0, 0.05) is 13.6 Å². The molecule has 2 amide bonds. The molecule has 98 valence electrons. The first-order valence-corrected chi connectivity index (χ1v) is 6.18. The first-order valence-electron chi connectivity index (χ1n) is 5.65. The molecule has 0 aromatic heterocycles. The molecule has 1 rings (SSSR count). The van der Waals surface area contributed by atoms with E-state index in [0.717, 1.165) is 11.1 Å². The van der Waals surface area contributed by atoms with Crippen LogP contribution in [0.5, 0.6) is 0 Å². The molecule has 0 aliphatic carbocycles. The lowest BCUT2D eigenvalue weighted by Gasteiger charge is -2.17. The summed E-state index contributed by atoms with van der Waals surface area (Å²) in [4.78, 5) is 24.2. The highest BCUT2D eigenvalue weighted by Gasteiger charge is 2.10. The van der Waals surface area contributed by atoms with Crippen LogP contribution < -0.4 is 5.32 Å². The zero-order valence-electron chi connectivity index (χ0n) is 10.6. The van der Waals surface area contributed by atoms with Gasteiger partial charge in [-0.1, -0.05) is 29.8 Å². The third-order valence-corrected chi connectivity index (χ3v) is 2.73. The molecule has 0 unspecified atom stereocenters. The maximum atomic E-state index is 11.7. The highest BCUT2D eigenvalue weighted by molar-refractivity contribution is 6.27. The summed E-state index contributed by atoms with van der Waals surface area (Å²) in [5, 5.41) is 2.45. The minimum absolute atomic E-state index is 0.0200. The van der Waals surface area contributed by atoms with Crippen LogP contribution in [-0.2, 0) is 16.1 Å². The monoisotopic (exact) mass is 268 g/mol. The number of nitrogens with one attached hydrogen (secondary N) is 1. The van der Waals surface area contributed by atoms with Gasteiger partial charge in [-0.15, -0.1) is 11.6 Å². The normalized spacial score (nSPS) is 9.94. The van der Waals surface area contributed by atoms with Gasteiger partial charge in [-0.25, -0.2) is 0 Å². The Morgan fingerprint density at radius 3 is 2.72 bits per heavy atom. The fourth-order valence-electron chi connectivity index (χ4n) is 1.53. The van der Waals surface area contributed by atoms with E-state index in [4.69, 9.17) is 11.6 Å². The molecule has 0 saturated heterocycles. The SMILES string of the molecule is Cc1cccc(CN(C)C(=O)CNC(=O)CCl)c1. The maximum absolute atomic E-state index is 11.7. The van der Waals surface area contributed by atoms with E-state index in [-0.39, 0.29) is 24.2 Å². The van der Waals surface area contributed by atoms with Gasteiger partial charge in [0.05, 0.1) is 6.54 Å². The van der Waals surface area contributed by atoms with Crippen molar-refractivity contribution in [3.63, 3.8) is 0 Å². The molecular weight excluding hydrogens is 252 g/mol. The Bertz CT molecular complexity index is 435. The Morgan fingerprint density at radius 1 is 1.39 bits per heavy atom. The standard InChI is InChI=1S/C13H17ClN2O2/c1-10-4-3-5-11(6-10)9-16(2)13(18)8-15-12(17)7-14/h3-6H,7-9H2,1-2H3,(H,15,17). The number of alkyl halides is 1. The Balaban J connectivity index is 2.47. The molecule has 0 heterocycles. The molecule has 4 nitrogen and oxygen atoms in total. The summed E-state index contributed by atoms with van der Waals surface area (Å²) in [6.07, 6.45) is 0. The zero-order chi connectivity index (χ0) is 13.5. The Labute approximate surface area is 112 Å². The number of benzene rings is 1. The van der Waals surface area contributed by atoms with E-state index in [1.807, 2.05) is 31.2 Å². The predicted octanol–water partition coefficient (Wildman–Crippen LogP) is 1.31. The molecule has 0 bridgehead atoms. The lowest BCUT2D eigenvalue weighted by atomic mass is 10.1. The number of rotatable bonds is 5. The van der Waals surface area contributed by atoms with E-state index >= 15 is 0 Å². The number of aryl methyl sites for hydroxylation is 1. The molecular formula is C13H17ClN2O2. The summed E-state index contributed by atoms with van der Waals surface area (Å²) in [6.45, 7) is 2.51. The van der Waals surface area contributed by atoms with Crippen molar-refractivity contribution in [1.82, 2.24) is 10.2 Å². The second-order valence-electron chi connectivity index (χ2n) is 4.15. The number of carbonyl (C=O) groups is 2. The minimum Gasteiger partial charge on any atom is -0.346 e. The van der Waals surface area contributed by atoms with Crippen LogP contribution in [0.2, 0.25) is 0 Å². The van der Waals surface area contributed by atoms with Crippen LogP contribution in [0.3, 0.4) is 0 Å². The summed E-state index contributed by atoms with van der Waals surface area (Å²) >= 11 is 5.33. The fraction of sp³-hybridized carbons (Fsp3) is 0.385. The summed E-state index contributed by atoms with van der Waals surface area (Å²) in [5.74, 6) is -0.613. The molecule has 0 saturated carbocycles. The summed E-state index contributed by atoms with van der Waals surface area (Å²) in [7, 11) is 1.71. The summed E-state index contributed by atoms with van der Waals surface area (Å²) < 4.78 is 0. The molecule has 0 radical (unpaired) electrons. The van der Waals surface area contributed by atoms with Crippen LogP contribution in [0.15, 0.2) is 24.3 Å². The zero-order valence-corrected chi connectivity index (χ0v) is 11.3. The highest BCUT2D eigenvalue weighted by Crippen LogP contribution is 2.06. The Hall–Kier alpha value is -1.55. The van der Waals surface area contributed by atoms with E-state index in [1.54, 1.807) is 11.9 Å². The summed E-state index contributed by atoms with van der Waals surface area (Å²) in [5.41, 5.74) is 2.22. The van der Waals surface area contributed by atoms with E-state index in [1.165, 1.54) is 0 Å². The van der Waals surface area contributed by atoms with Crippen molar-refractivity contribution in [2.75, 3.05) is 19.5 Å². The Morgan fingerprint density at radius 2 is 2.11 bits per heavy atom. The van der Waals surface area contributed by atoms with Crippen molar-refractivity contribution in [1.29, 1.82) is 0 Å². The van der Waals surface area contributed by atoms with Gasteiger partial charge in [0.1, 0.15) is 5.88 Å². The number of hydrogen-bond acceptors (Lipinski definition) is 2. The first-order chi connectivity index (χ1) is 8.52. The average molecular weight is 269 g/mol. The van der Waals surface area contributed by atoms with Crippen molar-refractivity contribution >= 4 is 23.4 Å². The lowest BCUT2D eigenvalue weighted by molar-refractivity contribution is -0.131. The largest absolute Gasteiger partial charge is 0.346 e. The van der Waals surface area contributed by atoms with Gasteiger partial charge < -0.3 is 10.2 Å². The van der Waals surface area contributed by atoms with Crippen LogP contribution in [0.25, 0.3) is 0 Å². The fourth-order valence-corrected chi connectivity index (χ4v) is 1.62. The second-order valence-corrected chi connectivity index (χ2v) is 4.42. The number of halogens is 1. The number of nitrogens with zero attached hydrogens (tertiary/aromatic N) is 1. The van der Waals surface area contributed by atoms with Crippen LogP contribution in [0.4, 0.5) is 0 Å². The van der Waals surface area contributed by atoms with Crippen LogP contribution >= 0.6 is 11.6 Å². The van der Waals surface area contributed by atoms with Gasteiger partial charge in [-0.3, -0.25) is 9.59 Å². The molecule has 18 heavy (non-hydrogen) atoms. The van der Waals surface area contributed by atoms with Gasteiger partial charge in [0.25, 0.3) is 0 Å². The van der Waals surface area contributed by atoms with Crippen molar-refractivity contribution in [3.05, 3.63) is 35.4 Å². The van der Waals surface area contributed by atoms with Gasteiger partial charge >= 0.3 is 0 Å². The minimum atomic E-state index is -0.339. The molecule has 1 N–H and O–H groups in total. The first kappa shape index (κ1) is 14.5. The predicted molar refractivity (Wildman–Crippen MR) is 71.4 cm³/mol. The molecule has 1 aromatic rings. The molecule has 5 heteroatoms. The molecule has 0 aliphatic rings. The molecule has 0 atom stereocenters. The molecule has 0 spiro atoms. The highest BCUT2D eigenvalue weighted by atomic mass is 35.5. The van der Waals surface area contributed by atoms with Crippen molar-refractivity contribution in [2.45, 2.75) is 13.5 Å². The maximum Gasteiger partial charge on any atom is 0.242 e. The van der Waals surface area contributed by atoms with Gasteiger partial charge in [0.2, 0.25) is 11.8 Å². The number of carbonyl (C=O) groups excluding carboxylic acids is 2. The average Bonchev–Trinajstić information content (AvgIpc) is 2.35. The van der Waals surface area contributed by atoms with Gasteiger partial charge in [-0.05, 0) is 12.5 Å². The topological polar surface area (TPSA) is 49.4 Å². The van der Waals surface area contributed by atoms with Crippen LogP contribution in [0.1, 0.15) is 11.1 Å². The number of likely N-dealkylation sites (N-methyl/N-ethyl adjacent to an activating group) is 1. The molecule has 0 aliphatic heterocycles. The van der Waals surface area contributed by atoms with Crippen molar-refractivity contribution in [2.24, 2.45) is 0 Å². The Kier molecular flexibility index (Phi) is 5.65. The van der Waals surface area contributed by atoms with E-state index in [2.05, 4.69) is 5.32 Å². The number of amides is 2. The summed E-state index contributed by atoms with van der Waals surface area (Å²) in [6, 6.07) is 7.96. The molecule has 1 aromatic carbocycles. The third-order valence-electron chi connectivity index (χ3n) is 2.49. The van der Waals surface area contributed by atoms with Crippen molar-refractivity contribution < 1.29 is 9.59 Å². The van der Waals surface area contributed by atoms with Gasteiger partial charge in [0.15, 0.2) is 0 Å². The van der Waals surface area contributed by atoms with Gasteiger partial charge in [-0.2, -0.15) is 0 Å². The van der Waals surface area contributed by atoms with Crippen LogP contribution in [-0.4, -0.2) is 36.2 Å². The van der Waals surface area contributed by atoms with E-state index in [9.17, 15) is 9.59 Å². The second kappa shape index (κ2) is 7.01. The smallest absolute Gasteiger partial charge is 0.242 e. The van der Waals surface area contributed by atoms with Crippen molar-refractivity contribution in [3.8, 4) is 0 Å². The molecule has 0 fully saturated rings. The lowest BCUT2D eigenvalue weighted by Crippen LogP contribution is -2.38. The third kappa shape index (κ3) is 4.75. The quantitative estimate of drug-likeness (QED) is 0.819. The van der Waals surface area contributed by atoms with E-state index in [0.29, 0.717) is 6.54 Å². The van der Waals surface area contributed by atoms with E-state index < -0.39 is 0 Å².